The molecule has 84 valence electrons. The number of hydrogen-bond acceptors (Lipinski definition) is 2. The second kappa shape index (κ2) is 6.57. The van der Waals surface area contributed by atoms with Crippen LogP contribution in [0.4, 0.5) is 0 Å². The van der Waals surface area contributed by atoms with E-state index in [0.717, 1.165) is 17.8 Å². The summed E-state index contributed by atoms with van der Waals surface area (Å²) in [7, 11) is 0. The summed E-state index contributed by atoms with van der Waals surface area (Å²) >= 11 is 0. The van der Waals surface area contributed by atoms with Gasteiger partial charge < -0.3 is 5.73 Å². The van der Waals surface area contributed by atoms with Crippen molar-refractivity contribution in [2.75, 3.05) is 0 Å². The fourth-order valence-corrected chi connectivity index (χ4v) is 1.71. The Bertz CT molecular complexity index is 284. The molecule has 1 heterocycles. The van der Waals surface area contributed by atoms with Gasteiger partial charge in [0.25, 0.3) is 0 Å². The summed E-state index contributed by atoms with van der Waals surface area (Å²) in [5, 5.41) is 0. The summed E-state index contributed by atoms with van der Waals surface area (Å²) < 4.78 is 0. The van der Waals surface area contributed by atoms with E-state index in [9.17, 15) is 0 Å². The van der Waals surface area contributed by atoms with E-state index in [1.165, 1.54) is 25.7 Å². The van der Waals surface area contributed by atoms with Gasteiger partial charge >= 0.3 is 0 Å². The molecular formula is C13H22N2. The molecule has 0 spiro atoms. The van der Waals surface area contributed by atoms with Crippen molar-refractivity contribution in [3.63, 3.8) is 0 Å². The van der Waals surface area contributed by atoms with Crippen molar-refractivity contribution in [1.29, 1.82) is 0 Å². The minimum Gasteiger partial charge on any atom is -0.323 e. The predicted octanol–water partition coefficient (Wildman–Crippen LogP) is 3.36. The highest BCUT2D eigenvalue weighted by molar-refractivity contribution is 5.12. The fraction of sp³-hybridized carbons (Fsp3) is 0.615. The third kappa shape index (κ3) is 4.43. The first-order valence-corrected chi connectivity index (χ1v) is 5.93. The van der Waals surface area contributed by atoms with Crippen LogP contribution in [0.3, 0.4) is 0 Å². The van der Waals surface area contributed by atoms with Crippen LogP contribution in [0.25, 0.3) is 0 Å². The quantitative estimate of drug-likeness (QED) is 0.725. The second-order valence-electron chi connectivity index (χ2n) is 4.16. The zero-order valence-corrected chi connectivity index (χ0v) is 9.87. The van der Waals surface area contributed by atoms with Crippen LogP contribution in [0.5, 0.6) is 0 Å². The number of aromatic nitrogens is 1. The Hall–Kier alpha value is -0.890. The maximum absolute atomic E-state index is 6.08. The number of rotatable bonds is 6. The molecule has 0 saturated heterocycles. The molecule has 1 aromatic heterocycles. The van der Waals surface area contributed by atoms with Gasteiger partial charge in [0.15, 0.2) is 0 Å². The molecule has 1 unspecified atom stereocenters. The summed E-state index contributed by atoms with van der Waals surface area (Å²) in [4.78, 5) is 4.45. The molecule has 1 aromatic rings. The third-order valence-corrected chi connectivity index (χ3v) is 2.66. The molecule has 15 heavy (non-hydrogen) atoms. The SMILES string of the molecule is CCCCCCC(N)c1cccc(C)n1. The van der Waals surface area contributed by atoms with E-state index in [-0.39, 0.29) is 6.04 Å². The molecule has 0 aliphatic rings. The van der Waals surface area contributed by atoms with Crippen LogP contribution in [-0.4, -0.2) is 4.98 Å². The maximum Gasteiger partial charge on any atom is 0.0574 e. The Morgan fingerprint density at radius 2 is 2.07 bits per heavy atom. The van der Waals surface area contributed by atoms with Gasteiger partial charge in [0.05, 0.1) is 5.69 Å². The van der Waals surface area contributed by atoms with E-state index in [1.54, 1.807) is 0 Å². The summed E-state index contributed by atoms with van der Waals surface area (Å²) in [6.45, 7) is 4.23. The van der Waals surface area contributed by atoms with E-state index in [0.29, 0.717) is 0 Å². The highest BCUT2D eigenvalue weighted by atomic mass is 14.8. The summed E-state index contributed by atoms with van der Waals surface area (Å²) in [5.74, 6) is 0. The van der Waals surface area contributed by atoms with Gasteiger partial charge in [-0.25, -0.2) is 0 Å². The van der Waals surface area contributed by atoms with E-state index < -0.39 is 0 Å². The largest absolute Gasteiger partial charge is 0.323 e. The lowest BCUT2D eigenvalue weighted by Crippen LogP contribution is -2.12. The van der Waals surface area contributed by atoms with Gasteiger partial charge in [-0.1, -0.05) is 38.7 Å². The Labute approximate surface area is 92.9 Å². The average molecular weight is 206 g/mol. The van der Waals surface area contributed by atoms with E-state index >= 15 is 0 Å². The first-order valence-electron chi connectivity index (χ1n) is 5.93. The monoisotopic (exact) mass is 206 g/mol. The van der Waals surface area contributed by atoms with Crippen molar-refractivity contribution in [3.8, 4) is 0 Å². The van der Waals surface area contributed by atoms with Crippen molar-refractivity contribution in [2.45, 2.75) is 52.0 Å². The zero-order valence-electron chi connectivity index (χ0n) is 9.87. The molecule has 1 atom stereocenters. The van der Waals surface area contributed by atoms with Crippen LogP contribution >= 0.6 is 0 Å². The summed E-state index contributed by atoms with van der Waals surface area (Å²) in [6, 6.07) is 6.18. The normalized spacial score (nSPS) is 12.7. The maximum atomic E-state index is 6.08. The summed E-state index contributed by atoms with van der Waals surface area (Å²) in [5.41, 5.74) is 8.17. The van der Waals surface area contributed by atoms with Gasteiger partial charge in [0.1, 0.15) is 0 Å². The molecule has 0 bridgehead atoms. The van der Waals surface area contributed by atoms with Crippen molar-refractivity contribution >= 4 is 0 Å². The van der Waals surface area contributed by atoms with Crippen molar-refractivity contribution in [1.82, 2.24) is 4.98 Å². The molecule has 0 fully saturated rings. The Kier molecular flexibility index (Phi) is 5.33. The number of nitrogens with zero attached hydrogens (tertiary/aromatic N) is 1. The van der Waals surface area contributed by atoms with Gasteiger partial charge in [0, 0.05) is 11.7 Å². The van der Waals surface area contributed by atoms with Gasteiger partial charge in [-0.05, 0) is 25.5 Å². The van der Waals surface area contributed by atoms with E-state index in [4.69, 9.17) is 5.73 Å². The molecule has 0 aromatic carbocycles. The molecule has 1 rings (SSSR count). The molecule has 2 nitrogen and oxygen atoms in total. The first kappa shape index (κ1) is 12.2. The number of unbranched alkanes of at least 4 members (excludes halogenated alkanes) is 3. The lowest BCUT2D eigenvalue weighted by molar-refractivity contribution is 0.556. The zero-order chi connectivity index (χ0) is 11.1. The number of hydrogen-bond donors (Lipinski definition) is 1. The second-order valence-corrected chi connectivity index (χ2v) is 4.16. The highest BCUT2D eigenvalue weighted by Gasteiger charge is 2.06. The standard InChI is InChI=1S/C13H22N2/c1-3-4-5-6-9-12(14)13-10-7-8-11(2)15-13/h7-8,10,12H,3-6,9,14H2,1-2H3. The van der Waals surface area contributed by atoms with Crippen LogP contribution in [0, 0.1) is 6.92 Å². The lowest BCUT2D eigenvalue weighted by atomic mass is 10.0. The van der Waals surface area contributed by atoms with Crippen molar-refractivity contribution in [3.05, 3.63) is 29.6 Å². The van der Waals surface area contributed by atoms with Gasteiger partial charge in [-0.2, -0.15) is 0 Å². The minimum absolute atomic E-state index is 0.113. The molecule has 0 radical (unpaired) electrons. The van der Waals surface area contributed by atoms with Crippen LogP contribution in [0.2, 0.25) is 0 Å². The number of nitrogens with two attached hydrogens (primary N) is 1. The molecule has 2 heteroatoms. The first-order chi connectivity index (χ1) is 7.24. The number of pyridine rings is 1. The Balaban J connectivity index is 2.36. The van der Waals surface area contributed by atoms with Crippen LogP contribution in [-0.2, 0) is 0 Å². The topological polar surface area (TPSA) is 38.9 Å². The molecule has 2 N–H and O–H groups in total. The molecule has 0 aliphatic heterocycles. The fourth-order valence-electron chi connectivity index (χ4n) is 1.71. The molecule has 0 saturated carbocycles. The van der Waals surface area contributed by atoms with Gasteiger partial charge in [0.2, 0.25) is 0 Å². The highest BCUT2D eigenvalue weighted by Crippen LogP contribution is 2.15. The van der Waals surface area contributed by atoms with Crippen molar-refractivity contribution in [2.24, 2.45) is 5.73 Å². The molecule has 0 amide bonds. The lowest BCUT2D eigenvalue weighted by Gasteiger charge is -2.11. The van der Waals surface area contributed by atoms with Crippen molar-refractivity contribution < 1.29 is 0 Å². The van der Waals surface area contributed by atoms with E-state index in [1.807, 2.05) is 25.1 Å². The number of aryl methyl sites for hydroxylation is 1. The third-order valence-electron chi connectivity index (χ3n) is 2.66. The Morgan fingerprint density at radius 3 is 2.73 bits per heavy atom. The Morgan fingerprint density at radius 1 is 1.27 bits per heavy atom. The summed E-state index contributed by atoms with van der Waals surface area (Å²) in [6.07, 6.45) is 6.14. The smallest absolute Gasteiger partial charge is 0.0574 e. The average Bonchev–Trinajstić information content (AvgIpc) is 2.24. The van der Waals surface area contributed by atoms with E-state index in [2.05, 4.69) is 11.9 Å². The van der Waals surface area contributed by atoms with Gasteiger partial charge in [-0.15, -0.1) is 0 Å². The van der Waals surface area contributed by atoms with Crippen LogP contribution in [0.15, 0.2) is 18.2 Å². The van der Waals surface area contributed by atoms with Crippen LogP contribution in [0.1, 0.15) is 56.5 Å². The predicted molar refractivity (Wildman–Crippen MR) is 64.7 cm³/mol. The molecule has 0 aliphatic carbocycles. The van der Waals surface area contributed by atoms with Crippen LogP contribution < -0.4 is 5.73 Å². The van der Waals surface area contributed by atoms with Gasteiger partial charge in [-0.3, -0.25) is 4.98 Å². The minimum atomic E-state index is 0.113. The molecular weight excluding hydrogens is 184 g/mol.